The average Bonchev–Trinajstić information content (AvgIpc) is 2.48. The van der Waals surface area contributed by atoms with Crippen LogP contribution in [-0.4, -0.2) is 23.9 Å². The maximum atomic E-state index is 11.2. The van der Waals surface area contributed by atoms with Crippen LogP contribution in [0.15, 0.2) is 54.6 Å². The molecule has 0 spiro atoms. The minimum atomic E-state index is -0.307. The topological polar surface area (TPSA) is 72.4 Å². The van der Waals surface area contributed by atoms with Crippen molar-refractivity contribution >= 4 is 11.6 Å². The van der Waals surface area contributed by atoms with Crippen LogP contribution >= 0.6 is 0 Å². The van der Waals surface area contributed by atoms with E-state index in [1.54, 1.807) is 0 Å². The SMILES string of the molecule is NC(=O)CN(CCc1ccccc1)Cc1ccc(N)cc1. The molecule has 4 N–H and O–H groups in total. The number of benzene rings is 2. The molecule has 2 rings (SSSR count). The first-order valence-electron chi connectivity index (χ1n) is 7.02. The summed E-state index contributed by atoms with van der Waals surface area (Å²) >= 11 is 0. The molecule has 0 unspecified atom stereocenters. The van der Waals surface area contributed by atoms with Crippen molar-refractivity contribution in [1.82, 2.24) is 4.90 Å². The second kappa shape index (κ2) is 7.45. The maximum Gasteiger partial charge on any atom is 0.231 e. The molecule has 0 aromatic heterocycles. The molecule has 0 aliphatic heterocycles. The van der Waals surface area contributed by atoms with Crippen molar-refractivity contribution in [2.45, 2.75) is 13.0 Å². The third kappa shape index (κ3) is 5.28. The molecule has 0 radical (unpaired) electrons. The van der Waals surface area contributed by atoms with E-state index in [0.717, 1.165) is 24.2 Å². The van der Waals surface area contributed by atoms with Crippen molar-refractivity contribution in [2.75, 3.05) is 18.8 Å². The minimum absolute atomic E-state index is 0.261. The number of anilines is 1. The molecule has 0 aliphatic rings. The van der Waals surface area contributed by atoms with Gasteiger partial charge in [-0.2, -0.15) is 0 Å². The molecule has 1 amide bonds. The van der Waals surface area contributed by atoms with Crippen molar-refractivity contribution in [3.63, 3.8) is 0 Å². The Bertz CT molecular complexity index is 566. The number of carbonyl (C=O) groups is 1. The highest BCUT2D eigenvalue weighted by Crippen LogP contribution is 2.09. The standard InChI is InChI=1S/C17H21N3O/c18-16-8-6-15(7-9-16)12-20(13-17(19)21)11-10-14-4-2-1-3-5-14/h1-9H,10-13,18H2,(H2,19,21). The van der Waals surface area contributed by atoms with Crippen molar-refractivity contribution in [3.05, 3.63) is 65.7 Å². The zero-order valence-corrected chi connectivity index (χ0v) is 12.0. The molecule has 0 bridgehead atoms. The normalized spacial score (nSPS) is 10.7. The van der Waals surface area contributed by atoms with E-state index < -0.39 is 0 Å². The van der Waals surface area contributed by atoms with Crippen LogP contribution in [0.4, 0.5) is 5.69 Å². The highest BCUT2D eigenvalue weighted by molar-refractivity contribution is 5.75. The Hall–Kier alpha value is -2.33. The summed E-state index contributed by atoms with van der Waals surface area (Å²) in [7, 11) is 0. The number of carbonyl (C=O) groups excluding carboxylic acids is 1. The number of nitrogen functional groups attached to an aromatic ring is 1. The molecule has 4 heteroatoms. The van der Waals surface area contributed by atoms with Crippen molar-refractivity contribution in [3.8, 4) is 0 Å². The fraction of sp³-hybridized carbons (Fsp3) is 0.235. The summed E-state index contributed by atoms with van der Waals surface area (Å²) in [5.74, 6) is -0.307. The van der Waals surface area contributed by atoms with Gasteiger partial charge < -0.3 is 11.5 Å². The Labute approximate surface area is 125 Å². The average molecular weight is 283 g/mol. The lowest BCUT2D eigenvalue weighted by molar-refractivity contribution is -0.119. The van der Waals surface area contributed by atoms with Crippen LogP contribution < -0.4 is 11.5 Å². The molecule has 110 valence electrons. The maximum absolute atomic E-state index is 11.2. The van der Waals surface area contributed by atoms with Gasteiger partial charge in [0, 0.05) is 18.8 Å². The first-order chi connectivity index (χ1) is 10.1. The van der Waals surface area contributed by atoms with Crippen molar-refractivity contribution < 1.29 is 4.79 Å². The summed E-state index contributed by atoms with van der Waals surface area (Å²) in [5, 5.41) is 0. The molecule has 2 aromatic carbocycles. The van der Waals surface area contributed by atoms with Gasteiger partial charge in [0.1, 0.15) is 0 Å². The van der Waals surface area contributed by atoms with Crippen molar-refractivity contribution in [1.29, 1.82) is 0 Å². The monoisotopic (exact) mass is 283 g/mol. The summed E-state index contributed by atoms with van der Waals surface area (Å²) in [6, 6.07) is 17.9. The van der Waals surface area contributed by atoms with Crippen LogP contribution in [0.1, 0.15) is 11.1 Å². The van der Waals surface area contributed by atoms with Gasteiger partial charge in [0.2, 0.25) is 5.91 Å². The van der Waals surface area contributed by atoms with Gasteiger partial charge in [0.25, 0.3) is 0 Å². The second-order valence-electron chi connectivity index (χ2n) is 5.15. The van der Waals surface area contributed by atoms with Crippen LogP contribution in [0.25, 0.3) is 0 Å². The Morgan fingerprint density at radius 3 is 2.24 bits per heavy atom. The summed E-state index contributed by atoms with van der Waals surface area (Å²) < 4.78 is 0. The van der Waals surface area contributed by atoms with E-state index in [0.29, 0.717) is 6.54 Å². The Morgan fingerprint density at radius 1 is 0.952 bits per heavy atom. The zero-order chi connectivity index (χ0) is 15.1. The Kier molecular flexibility index (Phi) is 5.35. The third-order valence-electron chi connectivity index (χ3n) is 3.32. The zero-order valence-electron chi connectivity index (χ0n) is 12.0. The molecular formula is C17H21N3O. The molecule has 0 fully saturated rings. The van der Waals surface area contributed by atoms with Gasteiger partial charge in [-0.15, -0.1) is 0 Å². The second-order valence-corrected chi connectivity index (χ2v) is 5.15. The van der Waals surface area contributed by atoms with Crippen LogP contribution in [0, 0.1) is 0 Å². The summed E-state index contributed by atoms with van der Waals surface area (Å²) in [6.07, 6.45) is 0.892. The van der Waals surface area contributed by atoms with Gasteiger partial charge >= 0.3 is 0 Å². The Morgan fingerprint density at radius 2 is 1.62 bits per heavy atom. The number of primary amides is 1. The predicted molar refractivity (Wildman–Crippen MR) is 85.5 cm³/mol. The number of hydrogen-bond donors (Lipinski definition) is 2. The summed E-state index contributed by atoms with van der Waals surface area (Å²) in [5.41, 5.74) is 14.1. The van der Waals surface area contributed by atoms with Gasteiger partial charge in [-0.05, 0) is 29.7 Å². The molecule has 21 heavy (non-hydrogen) atoms. The van der Waals surface area contributed by atoms with Crippen LogP contribution in [0.3, 0.4) is 0 Å². The Balaban J connectivity index is 1.97. The van der Waals surface area contributed by atoms with E-state index in [-0.39, 0.29) is 12.5 Å². The minimum Gasteiger partial charge on any atom is -0.399 e. The first-order valence-corrected chi connectivity index (χ1v) is 7.02. The number of nitrogens with zero attached hydrogens (tertiary/aromatic N) is 1. The molecule has 0 atom stereocenters. The van der Waals surface area contributed by atoms with Crippen LogP contribution in [0.2, 0.25) is 0 Å². The molecule has 0 saturated heterocycles. The quantitative estimate of drug-likeness (QED) is 0.761. The summed E-state index contributed by atoms with van der Waals surface area (Å²) in [4.78, 5) is 13.3. The van der Waals surface area contributed by atoms with Gasteiger partial charge in [-0.3, -0.25) is 9.69 Å². The van der Waals surface area contributed by atoms with Crippen LogP contribution in [-0.2, 0) is 17.8 Å². The molecule has 0 heterocycles. The fourth-order valence-electron chi connectivity index (χ4n) is 2.25. The van der Waals surface area contributed by atoms with E-state index in [4.69, 9.17) is 11.5 Å². The first kappa shape index (κ1) is 15.1. The third-order valence-corrected chi connectivity index (χ3v) is 3.32. The molecule has 2 aromatic rings. The molecule has 0 saturated carbocycles. The smallest absolute Gasteiger partial charge is 0.231 e. The number of rotatable bonds is 7. The molecule has 4 nitrogen and oxygen atoms in total. The highest BCUT2D eigenvalue weighted by atomic mass is 16.1. The van der Waals surface area contributed by atoms with E-state index >= 15 is 0 Å². The van der Waals surface area contributed by atoms with Gasteiger partial charge in [-0.1, -0.05) is 42.5 Å². The largest absolute Gasteiger partial charge is 0.399 e. The van der Waals surface area contributed by atoms with E-state index in [1.165, 1.54) is 5.56 Å². The van der Waals surface area contributed by atoms with Gasteiger partial charge in [-0.25, -0.2) is 0 Å². The highest BCUT2D eigenvalue weighted by Gasteiger charge is 2.09. The predicted octanol–water partition coefficient (Wildman–Crippen LogP) is 1.80. The van der Waals surface area contributed by atoms with Crippen molar-refractivity contribution in [2.24, 2.45) is 5.73 Å². The van der Waals surface area contributed by atoms with Crippen LogP contribution in [0.5, 0.6) is 0 Å². The van der Waals surface area contributed by atoms with Gasteiger partial charge in [0.05, 0.1) is 6.54 Å². The number of nitrogens with two attached hydrogens (primary N) is 2. The molecule has 0 aliphatic carbocycles. The summed E-state index contributed by atoms with van der Waals surface area (Å²) in [6.45, 7) is 1.74. The van der Waals surface area contributed by atoms with Gasteiger partial charge in [0.15, 0.2) is 0 Å². The van der Waals surface area contributed by atoms with E-state index in [2.05, 4.69) is 17.0 Å². The number of amides is 1. The van der Waals surface area contributed by atoms with E-state index in [1.807, 2.05) is 42.5 Å². The molecular weight excluding hydrogens is 262 g/mol. The number of hydrogen-bond acceptors (Lipinski definition) is 3. The lowest BCUT2D eigenvalue weighted by Crippen LogP contribution is -2.34. The van der Waals surface area contributed by atoms with E-state index in [9.17, 15) is 4.79 Å². The fourth-order valence-corrected chi connectivity index (χ4v) is 2.25. The lowest BCUT2D eigenvalue weighted by Gasteiger charge is -2.21. The lowest BCUT2D eigenvalue weighted by atomic mass is 10.1.